The Hall–Kier alpha value is -1.44. The Morgan fingerprint density at radius 3 is 2.62 bits per heavy atom. The van der Waals surface area contributed by atoms with Gasteiger partial charge in [0.2, 0.25) is 0 Å². The number of sulfone groups is 1. The summed E-state index contributed by atoms with van der Waals surface area (Å²) < 4.78 is 33.6. The maximum Gasteiger partial charge on any atom is 0.321 e. The molecule has 0 aromatic heterocycles. The van der Waals surface area contributed by atoms with Crippen LogP contribution < -0.4 is 0 Å². The van der Waals surface area contributed by atoms with E-state index >= 15 is 0 Å². The van der Waals surface area contributed by atoms with Crippen LogP contribution in [0.3, 0.4) is 0 Å². The first kappa shape index (κ1) is 17.6. The second kappa shape index (κ2) is 8.76. The number of hydrogen-bond donors (Lipinski definition) is 1. The number of carbonyl (C=O) groups excluding carboxylic acids is 1. The third-order valence-corrected chi connectivity index (χ3v) is 4.04. The third kappa shape index (κ3) is 7.22. The number of benzene rings is 1. The first-order chi connectivity index (χ1) is 9.96. The molecule has 0 aliphatic heterocycles. The maximum absolute atomic E-state index is 11.9. The van der Waals surface area contributed by atoms with Crippen LogP contribution in [0, 0.1) is 0 Å². The van der Waals surface area contributed by atoms with Gasteiger partial charge in [-0.1, -0.05) is 24.3 Å². The van der Waals surface area contributed by atoms with Crippen LogP contribution in [0.4, 0.5) is 0 Å². The van der Waals surface area contributed by atoms with Gasteiger partial charge < -0.3 is 14.6 Å². The van der Waals surface area contributed by atoms with Crippen molar-refractivity contribution < 1.29 is 27.8 Å². The number of aliphatic hydroxyl groups excluding tert-OH is 1. The first-order valence-electron chi connectivity index (χ1n) is 6.59. The second-order valence-electron chi connectivity index (χ2n) is 4.43. The molecule has 0 aliphatic rings. The highest BCUT2D eigenvalue weighted by Gasteiger charge is 2.18. The van der Waals surface area contributed by atoms with Crippen LogP contribution in [0.15, 0.2) is 24.3 Å². The predicted octanol–water partition coefficient (Wildman–Crippen LogP) is 0.673. The van der Waals surface area contributed by atoms with Crippen LogP contribution in [0.25, 0.3) is 0 Å². The zero-order valence-electron chi connectivity index (χ0n) is 11.9. The topological polar surface area (TPSA) is 89.9 Å². The molecule has 6 nitrogen and oxygen atoms in total. The minimum Gasteiger partial charge on any atom is -0.462 e. The summed E-state index contributed by atoms with van der Waals surface area (Å²) in [5.74, 6) is -1.71. The lowest BCUT2D eigenvalue weighted by Gasteiger charge is -2.07. The van der Waals surface area contributed by atoms with E-state index in [2.05, 4.69) is 0 Å². The molecule has 1 aromatic carbocycles. The zero-order chi connectivity index (χ0) is 15.7. The molecule has 1 aromatic rings. The maximum atomic E-state index is 11.9. The van der Waals surface area contributed by atoms with Gasteiger partial charge in [-0.15, -0.1) is 0 Å². The van der Waals surface area contributed by atoms with Crippen molar-refractivity contribution in [3.8, 4) is 0 Å². The van der Waals surface area contributed by atoms with Crippen molar-refractivity contribution in [2.75, 3.05) is 25.6 Å². The molecule has 0 unspecified atom stereocenters. The molecule has 0 saturated heterocycles. The molecule has 0 bridgehead atoms. The smallest absolute Gasteiger partial charge is 0.321 e. The molecule has 21 heavy (non-hydrogen) atoms. The van der Waals surface area contributed by atoms with E-state index < -0.39 is 21.6 Å². The van der Waals surface area contributed by atoms with Gasteiger partial charge >= 0.3 is 5.97 Å². The van der Waals surface area contributed by atoms with Gasteiger partial charge in [-0.2, -0.15) is 0 Å². The van der Waals surface area contributed by atoms with Crippen molar-refractivity contribution >= 4 is 15.8 Å². The number of esters is 1. The number of hydrogen-bond acceptors (Lipinski definition) is 6. The molecule has 0 atom stereocenters. The standard InChI is InChI=1S/C14H20O6S/c1-2-19-6-7-20-14(16)11-21(17,18)10-13-5-3-4-12(8-13)9-15/h3-5,8,15H,2,6-7,9-11H2,1H3. The summed E-state index contributed by atoms with van der Waals surface area (Å²) in [6.45, 7) is 2.46. The number of carbonyl (C=O) groups is 1. The van der Waals surface area contributed by atoms with Gasteiger partial charge in [0.1, 0.15) is 12.4 Å². The molecule has 0 spiro atoms. The lowest BCUT2D eigenvalue weighted by Crippen LogP contribution is -2.21. The molecule has 0 heterocycles. The minimum absolute atomic E-state index is 0.0438. The first-order valence-corrected chi connectivity index (χ1v) is 8.41. The highest BCUT2D eigenvalue weighted by Crippen LogP contribution is 2.10. The normalized spacial score (nSPS) is 11.3. The van der Waals surface area contributed by atoms with Gasteiger partial charge in [-0.25, -0.2) is 8.42 Å². The average molecular weight is 316 g/mol. The Morgan fingerprint density at radius 1 is 1.24 bits per heavy atom. The summed E-state index contributed by atoms with van der Waals surface area (Å²) in [7, 11) is -3.60. The molecule has 1 N–H and O–H groups in total. The van der Waals surface area contributed by atoms with E-state index in [0.29, 0.717) is 17.7 Å². The number of aliphatic hydroxyl groups is 1. The molecular formula is C14H20O6S. The van der Waals surface area contributed by atoms with Crippen molar-refractivity contribution in [1.82, 2.24) is 0 Å². The van der Waals surface area contributed by atoms with Crippen molar-refractivity contribution in [3.63, 3.8) is 0 Å². The Balaban J connectivity index is 2.51. The largest absolute Gasteiger partial charge is 0.462 e. The van der Waals surface area contributed by atoms with Crippen molar-refractivity contribution in [2.45, 2.75) is 19.3 Å². The summed E-state index contributed by atoms with van der Waals surface area (Å²) in [5, 5.41) is 9.01. The monoisotopic (exact) mass is 316 g/mol. The molecule has 0 aliphatic carbocycles. The molecule has 7 heteroatoms. The summed E-state index contributed by atoms with van der Waals surface area (Å²) >= 11 is 0. The van der Waals surface area contributed by atoms with Crippen molar-refractivity contribution in [3.05, 3.63) is 35.4 Å². The van der Waals surface area contributed by atoms with Crippen LogP contribution in [0.5, 0.6) is 0 Å². The summed E-state index contributed by atoms with van der Waals surface area (Å²) in [6, 6.07) is 6.59. The van der Waals surface area contributed by atoms with Crippen LogP contribution in [-0.4, -0.2) is 45.1 Å². The van der Waals surface area contributed by atoms with Gasteiger partial charge in [-0.3, -0.25) is 4.79 Å². The molecular weight excluding hydrogens is 296 g/mol. The van der Waals surface area contributed by atoms with Crippen LogP contribution in [0.1, 0.15) is 18.1 Å². The predicted molar refractivity (Wildman–Crippen MR) is 77.3 cm³/mol. The van der Waals surface area contributed by atoms with Crippen molar-refractivity contribution in [1.29, 1.82) is 0 Å². The second-order valence-corrected chi connectivity index (χ2v) is 6.49. The van der Waals surface area contributed by atoms with E-state index in [1.165, 1.54) is 0 Å². The van der Waals surface area contributed by atoms with Gasteiger partial charge in [0.05, 0.1) is 19.0 Å². The summed E-state index contributed by atoms with van der Waals surface area (Å²) in [5.41, 5.74) is 1.16. The Morgan fingerprint density at radius 2 is 1.95 bits per heavy atom. The lowest BCUT2D eigenvalue weighted by molar-refractivity contribution is -0.142. The van der Waals surface area contributed by atoms with Crippen molar-refractivity contribution in [2.24, 2.45) is 0 Å². The quantitative estimate of drug-likeness (QED) is 0.532. The highest BCUT2D eigenvalue weighted by atomic mass is 32.2. The lowest BCUT2D eigenvalue weighted by atomic mass is 10.1. The number of ether oxygens (including phenoxy) is 2. The van der Waals surface area contributed by atoms with Gasteiger partial charge in [-0.05, 0) is 18.1 Å². The van der Waals surface area contributed by atoms with Gasteiger partial charge in [0.15, 0.2) is 9.84 Å². The van der Waals surface area contributed by atoms with E-state index in [0.717, 1.165) is 0 Å². The van der Waals surface area contributed by atoms with Gasteiger partial charge in [0, 0.05) is 6.61 Å². The van der Waals surface area contributed by atoms with Gasteiger partial charge in [0.25, 0.3) is 0 Å². The summed E-state index contributed by atoms with van der Waals surface area (Å²) in [6.07, 6.45) is 0. The van der Waals surface area contributed by atoms with Crippen LogP contribution >= 0.6 is 0 Å². The fourth-order valence-electron chi connectivity index (χ4n) is 1.70. The molecule has 0 saturated carbocycles. The third-order valence-electron chi connectivity index (χ3n) is 2.59. The number of rotatable bonds is 9. The molecule has 0 radical (unpaired) electrons. The van der Waals surface area contributed by atoms with E-state index in [1.54, 1.807) is 24.3 Å². The Kier molecular flexibility index (Phi) is 7.35. The SMILES string of the molecule is CCOCCOC(=O)CS(=O)(=O)Cc1cccc(CO)c1. The molecule has 118 valence electrons. The van der Waals surface area contributed by atoms with Crippen LogP contribution in [-0.2, 0) is 36.5 Å². The highest BCUT2D eigenvalue weighted by molar-refractivity contribution is 7.91. The Bertz CT molecular complexity index is 552. The Labute approximate surface area is 124 Å². The summed E-state index contributed by atoms with van der Waals surface area (Å²) in [4.78, 5) is 11.4. The fourth-order valence-corrected chi connectivity index (χ4v) is 2.93. The molecule has 1 rings (SSSR count). The average Bonchev–Trinajstić information content (AvgIpc) is 2.42. The van der Waals surface area contributed by atoms with Crippen LogP contribution in [0.2, 0.25) is 0 Å². The fraction of sp³-hybridized carbons (Fsp3) is 0.500. The molecule has 0 fully saturated rings. The van der Waals surface area contributed by atoms with E-state index in [4.69, 9.17) is 14.6 Å². The van der Waals surface area contributed by atoms with E-state index in [9.17, 15) is 13.2 Å². The molecule has 0 amide bonds. The van der Waals surface area contributed by atoms with E-state index in [-0.39, 0.29) is 25.6 Å². The minimum atomic E-state index is -3.60. The van der Waals surface area contributed by atoms with E-state index in [1.807, 2.05) is 6.92 Å². The zero-order valence-corrected chi connectivity index (χ0v) is 12.8.